The summed E-state index contributed by atoms with van der Waals surface area (Å²) in [6.45, 7) is 0.119. The minimum absolute atomic E-state index is 0.00991. The molecule has 0 radical (unpaired) electrons. The quantitative estimate of drug-likeness (QED) is 0.655. The third-order valence-electron chi connectivity index (χ3n) is 3.66. The lowest BCUT2D eigenvalue weighted by molar-refractivity contribution is -0.146. The fraction of sp³-hybridized carbons (Fsp3) is 0.467. The zero-order chi connectivity index (χ0) is 15.2. The van der Waals surface area contributed by atoms with Gasteiger partial charge in [-0.25, -0.2) is 9.59 Å². The molecule has 2 atom stereocenters. The third-order valence-corrected chi connectivity index (χ3v) is 3.66. The molecule has 0 fully saturated rings. The van der Waals surface area contributed by atoms with Gasteiger partial charge >= 0.3 is 12.0 Å². The van der Waals surface area contributed by atoms with E-state index in [1.54, 1.807) is 0 Å². The van der Waals surface area contributed by atoms with E-state index in [9.17, 15) is 9.59 Å². The molecule has 0 saturated carbocycles. The van der Waals surface area contributed by atoms with Crippen LogP contribution < -0.4 is 10.6 Å². The Labute approximate surface area is 123 Å². The van der Waals surface area contributed by atoms with Gasteiger partial charge in [-0.3, -0.25) is 0 Å². The summed E-state index contributed by atoms with van der Waals surface area (Å²) in [5.41, 5.74) is 2.40. The molecule has 0 bridgehead atoms. The number of aliphatic hydroxyl groups excluding tert-OH is 1. The van der Waals surface area contributed by atoms with Crippen molar-refractivity contribution in [2.45, 2.75) is 37.8 Å². The van der Waals surface area contributed by atoms with E-state index in [0.29, 0.717) is 0 Å². The summed E-state index contributed by atoms with van der Waals surface area (Å²) in [6.07, 6.45) is 1.49. The minimum atomic E-state index is -1.44. The topological polar surface area (TPSA) is 98.7 Å². The van der Waals surface area contributed by atoms with Crippen LogP contribution in [-0.4, -0.2) is 34.9 Å². The molecule has 1 aromatic rings. The number of carboxylic acids is 1. The van der Waals surface area contributed by atoms with Crippen molar-refractivity contribution in [1.29, 1.82) is 0 Å². The Bertz CT molecular complexity index is 518. The number of carboxylic acid groups (broad SMARTS) is 1. The van der Waals surface area contributed by atoms with Gasteiger partial charge in [0.1, 0.15) is 0 Å². The van der Waals surface area contributed by atoms with E-state index in [1.165, 1.54) is 5.56 Å². The zero-order valence-electron chi connectivity index (χ0n) is 11.7. The number of carbonyl (C=O) groups is 2. The fourth-order valence-corrected chi connectivity index (χ4v) is 2.56. The maximum atomic E-state index is 11.8. The zero-order valence-corrected chi connectivity index (χ0v) is 11.7. The highest BCUT2D eigenvalue weighted by atomic mass is 16.4. The van der Waals surface area contributed by atoms with Gasteiger partial charge in [-0.2, -0.15) is 0 Å². The van der Waals surface area contributed by atoms with Gasteiger partial charge in [0.15, 0.2) is 6.10 Å². The van der Waals surface area contributed by atoms with Crippen LogP contribution in [0.25, 0.3) is 0 Å². The Kier molecular flexibility index (Phi) is 5.16. The smallest absolute Gasteiger partial charge is 0.332 e. The van der Waals surface area contributed by atoms with E-state index < -0.39 is 12.1 Å². The average Bonchev–Trinajstić information content (AvgIpc) is 2.47. The maximum Gasteiger partial charge on any atom is 0.332 e. The van der Waals surface area contributed by atoms with Crippen molar-refractivity contribution in [2.75, 3.05) is 6.54 Å². The summed E-state index contributed by atoms with van der Waals surface area (Å²) < 4.78 is 0. The molecule has 4 N–H and O–H groups in total. The van der Waals surface area contributed by atoms with Gasteiger partial charge in [0.2, 0.25) is 0 Å². The molecule has 1 unspecified atom stereocenters. The molecular formula is C15H20N2O4. The molecule has 1 aliphatic rings. The monoisotopic (exact) mass is 292 g/mol. The molecule has 21 heavy (non-hydrogen) atoms. The summed E-state index contributed by atoms with van der Waals surface area (Å²) in [5.74, 6) is -1.28. The van der Waals surface area contributed by atoms with Gasteiger partial charge in [0.05, 0.1) is 6.04 Å². The molecule has 0 saturated heterocycles. The minimum Gasteiger partial charge on any atom is -0.479 e. The van der Waals surface area contributed by atoms with Gasteiger partial charge in [-0.1, -0.05) is 24.3 Å². The van der Waals surface area contributed by atoms with Crippen LogP contribution in [0.4, 0.5) is 4.79 Å². The molecule has 6 nitrogen and oxygen atoms in total. The van der Waals surface area contributed by atoms with Gasteiger partial charge in [-0.15, -0.1) is 0 Å². The Morgan fingerprint density at radius 3 is 2.86 bits per heavy atom. The van der Waals surface area contributed by atoms with E-state index in [1.807, 2.05) is 18.2 Å². The number of fused-ring (bicyclic) bond motifs is 1. The first-order chi connectivity index (χ1) is 10.1. The summed E-state index contributed by atoms with van der Waals surface area (Å²) >= 11 is 0. The number of benzene rings is 1. The Morgan fingerprint density at radius 2 is 2.10 bits per heavy atom. The van der Waals surface area contributed by atoms with Gasteiger partial charge in [0, 0.05) is 13.0 Å². The van der Waals surface area contributed by atoms with Crippen molar-refractivity contribution in [2.24, 2.45) is 0 Å². The van der Waals surface area contributed by atoms with Gasteiger partial charge in [0.25, 0.3) is 0 Å². The van der Waals surface area contributed by atoms with Crippen LogP contribution in [0.1, 0.15) is 36.4 Å². The Morgan fingerprint density at radius 1 is 1.33 bits per heavy atom. The molecule has 114 valence electrons. The first kappa shape index (κ1) is 15.3. The largest absolute Gasteiger partial charge is 0.479 e. The molecule has 1 aliphatic carbocycles. The molecule has 2 rings (SSSR count). The van der Waals surface area contributed by atoms with E-state index in [4.69, 9.17) is 10.2 Å². The Balaban J connectivity index is 1.82. The van der Waals surface area contributed by atoms with Gasteiger partial charge < -0.3 is 20.8 Å². The lowest BCUT2D eigenvalue weighted by atomic mass is 9.88. The van der Waals surface area contributed by atoms with Crippen molar-refractivity contribution in [3.05, 3.63) is 35.4 Å². The van der Waals surface area contributed by atoms with Crippen LogP contribution in [0.15, 0.2) is 24.3 Å². The molecule has 0 heterocycles. The molecule has 6 heteroatoms. The predicted octanol–water partition coefficient (Wildman–Crippen LogP) is 1.20. The standard InChI is InChI=1S/C15H20N2O4/c18-13(14(19)20)8-9-16-15(21)17-12-7-3-5-10-4-1-2-6-11(10)12/h1-2,4,6,12-13,18H,3,5,7-9H2,(H,19,20)(H2,16,17,21)/t12?,13-/m0/s1. The number of nitrogens with one attached hydrogen (secondary N) is 2. The number of urea groups is 1. The maximum absolute atomic E-state index is 11.8. The third kappa shape index (κ3) is 4.19. The van der Waals surface area contributed by atoms with Crippen molar-refractivity contribution in [3.8, 4) is 0 Å². The van der Waals surface area contributed by atoms with Crippen molar-refractivity contribution >= 4 is 12.0 Å². The van der Waals surface area contributed by atoms with Crippen LogP contribution in [0.3, 0.4) is 0 Å². The number of aliphatic carboxylic acids is 1. The van der Waals surface area contributed by atoms with Crippen molar-refractivity contribution in [1.82, 2.24) is 10.6 Å². The van der Waals surface area contributed by atoms with Crippen molar-refractivity contribution in [3.63, 3.8) is 0 Å². The molecule has 0 spiro atoms. The fourth-order valence-electron chi connectivity index (χ4n) is 2.56. The second-order valence-corrected chi connectivity index (χ2v) is 5.19. The highest BCUT2D eigenvalue weighted by Crippen LogP contribution is 2.29. The van der Waals surface area contributed by atoms with Crippen LogP contribution in [0.2, 0.25) is 0 Å². The molecule has 1 aromatic carbocycles. The first-order valence-corrected chi connectivity index (χ1v) is 7.11. The van der Waals surface area contributed by atoms with Crippen LogP contribution in [0.5, 0.6) is 0 Å². The highest BCUT2D eigenvalue weighted by Gasteiger charge is 2.21. The van der Waals surface area contributed by atoms with Crippen molar-refractivity contribution < 1.29 is 19.8 Å². The van der Waals surface area contributed by atoms with E-state index in [-0.39, 0.29) is 25.0 Å². The Hall–Kier alpha value is -2.08. The van der Waals surface area contributed by atoms with Crippen LogP contribution >= 0.6 is 0 Å². The lowest BCUT2D eigenvalue weighted by Crippen LogP contribution is -2.40. The number of aliphatic hydroxyl groups is 1. The number of hydrogen-bond donors (Lipinski definition) is 4. The normalized spacial score (nSPS) is 18.4. The molecular weight excluding hydrogens is 272 g/mol. The molecule has 0 aliphatic heterocycles. The first-order valence-electron chi connectivity index (χ1n) is 7.11. The second-order valence-electron chi connectivity index (χ2n) is 5.19. The summed E-state index contributed by atoms with van der Waals surface area (Å²) in [7, 11) is 0. The summed E-state index contributed by atoms with van der Waals surface area (Å²) in [6, 6.07) is 7.69. The molecule has 0 aromatic heterocycles. The SMILES string of the molecule is O=C(NCC[C@H](O)C(=O)O)NC1CCCc2ccccc21. The van der Waals surface area contributed by atoms with Crippen LogP contribution in [-0.2, 0) is 11.2 Å². The van der Waals surface area contributed by atoms with E-state index >= 15 is 0 Å². The van der Waals surface area contributed by atoms with Gasteiger partial charge in [-0.05, 0) is 30.4 Å². The number of hydrogen-bond acceptors (Lipinski definition) is 3. The summed E-state index contributed by atoms with van der Waals surface area (Å²) in [4.78, 5) is 22.3. The number of amides is 2. The molecule has 2 amide bonds. The number of aryl methyl sites for hydroxylation is 1. The highest BCUT2D eigenvalue weighted by molar-refractivity contribution is 5.75. The predicted molar refractivity (Wildman–Crippen MR) is 76.9 cm³/mol. The van der Waals surface area contributed by atoms with E-state index in [0.717, 1.165) is 24.8 Å². The van der Waals surface area contributed by atoms with Crippen LogP contribution in [0, 0.1) is 0 Å². The van der Waals surface area contributed by atoms with E-state index in [2.05, 4.69) is 16.7 Å². The second kappa shape index (κ2) is 7.08. The number of carbonyl (C=O) groups excluding carboxylic acids is 1. The lowest BCUT2D eigenvalue weighted by Gasteiger charge is -2.26. The average molecular weight is 292 g/mol. The summed E-state index contributed by atoms with van der Waals surface area (Å²) in [5, 5.41) is 23.1. The number of rotatable bonds is 5.